The average Bonchev–Trinajstić information content (AvgIpc) is 2.93. The van der Waals surface area contributed by atoms with Crippen LogP contribution in [0.4, 0.5) is 17.6 Å². The number of carboxylic acids is 1. The highest BCUT2D eigenvalue weighted by molar-refractivity contribution is 5.73. The van der Waals surface area contributed by atoms with Crippen LogP contribution in [0.2, 0.25) is 0 Å². The number of carboxylic acid groups (broad SMARTS) is 1. The van der Waals surface area contributed by atoms with Gasteiger partial charge in [-0.05, 0) is 12.5 Å². The zero-order chi connectivity index (χ0) is 19.4. The maximum Gasteiger partial charge on any atom is 0.490 e. The lowest BCUT2D eigenvalue weighted by molar-refractivity contribution is -0.192. The van der Waals surface area contributed by atoms with Crippen LogP contribution in [0.1, 0.15) is 12.0 Å². The first-order valence-electron chi connectivity index (χ1n) is 8.07. The Labute approximate surface area is 148 Å². The Morgan fingerprint density at radius 1 is 1.38 bits per heavy atom. The minimum Gasteiger partial charge on any atom is -0.475 e. The molecule has 2 aliphatic rings. The predicted octanol–water partition coefficient (Wildman–Crippen LogP) is 2.70. The molecule has 1 aromatic carbocycles. The Morgan fingerprint density at radius 2 is 2.00 bits per heavy atom. The van der Waals surface area contributed by atoms with Crippen LogP contribution in [0.5, 0.6) is 0 Å². The van der Waals surface area contributed by atoms with E-state index in [1.165, 1.54) is 6.07 Å². The zero-order valence-corrected chi connectivity index (χ0v) is 14.3. The summed E-state index contributed by atoms with van der Waals surface area (Å²) in [4.78, 5) is 11.1. The van der Waals surface area contributed by atoms with Gasteiger partial charge in [0.1, 0.15) is 5.82 Å². The Hall–Kier alpha value is -1.71. The molecule has 0 aliphatic carbocycles. The van der Waals surface area contributed by atoms with E-state index in [1.807, 2.05) is 12.1 Å². The molecular formula is C17H21F4NO4. The predicted molar refractivity (Wildman–Crippen MR) is 84.0 cm³/mol. The lowest BCUT2D eigenvalue weighted by Gasteiger charge is -2.50. The molecule has 2 fully saturated rings. The van der Waals surface area contributed by atoms with Gasteiger partial charge >= 0.3 is 12.1 Å². The molecule has 2 aliphatic heterocycles. The summed E-state index contributed by atoms with van der Waals surface area (Å²) in [5.74, 6) is -2.40. The van der Waals surface area contributed by atoms with Gasteiger partial charge in [0.2, 0.25) is 0 Å². The van der Waals surface area contributed by atoms with Crippen LogP contribution in [0.15, 0.2) is 24.3 Å². The smallest absolute Gasteiger partial charge is 0.475 e. The van der Waals surface area contributed by atoms with E-state index in [-0.39, 0.29) is 11.4 Å². The Balaban J connectivity index is 0.000000298. The van der Waals surface area contributed by atoms with E-state index in [0.717, 1.165) is 38.3 Å². The summed E-state index contributed by atoms with van der Waals surface area (Å²) in [5.41, 5.74) is 0.722. The molecule has 1 aromatic rings. The van der Waals surface area contributed by atoms with E-state index in [1.54, 1.807) is 13.2 Å². The standard InChI is InChI=1S/C15H20FNO2.C2HF3O2/c1-18-9-13-6-7-19-15(13)10-17(11-15)8-12-4-2-3-5-14(12)16;3-2(4,5)1(6)7/h2-5,13H,6-11H2,1H3;(H,6,7). The molecule has 0 radical (unpaired) electrons. The summed E-state index contributed by atoms with van der Waals surface area (Å²) in [6.45, 7) is 4.01. The Bertz CT molecular complexity index is 617. The normalized spacial score (nSPS) is 21.8. The summed E-state index contributed by atoms with van der Waals surface area (Å²) >= 11 is 0. The molecule has 5 nitrogen and oxygen atoms in total. The number of methoxy groups -OCH3 is 1. The van der Waals surface area contributed by atoms with Gasteiger partial charge in [-0.15, -0.1) is 0 Å². The first-order chi connectivity index (χ1) is 12.2. The number of hydrogen-bond acceptors (Lipinski definition) is 4. The number of likely N-dealkylation sites (tertiary alicyclic amines) is 1. The molecule has 146 valence electrons. The van der Waals surface area contributed by atoms with Crippen molar-refractivity contribution in [3.8, 4) is 0 Å². The number of aliphatic carboxylic acids is 1. The topological polar surface area (TPSA) is 59.0 Å². The van der Waals surface area contributed by atoms with Crippen molar-refractivity contribution < 1.29 is 36.9 Å². The molecule has 9 heteroatoms. The van der Waals surface area contributed by atoms with E-state index in [2.05, 4.69) is 4.90 Å². The maximum absolute atomic E-state index is 13.6. The van der Waals surface area contributed by atoms with E-state index in [4.69, 9.17) is 19.4 Å². The number of ether oxygens (including phenoxy) is 2. The third-order valence-electron chi connectivity index (χ3n) is 4.54. The van der Waals surface area contributed by atoms with Crippen LogP contribution in [0.3, 0.4) is 0 Å². The van der Waals surface area contributed by atoms with Crippen LogP contribution in [0, 0.1) is 11.7 Å². The van der Waals surface area contributed by atoms with Crippen molar-refractivity contribution in [2.45, 2.75) is 24.7 Å². The quantitative estimate of drug-likeness (QED) is 0.816. The molecule has 3 rings (SSSR count). The minimum absolute atomic E-state index is 0.0404. The van der Waals surface area contributed by atoms with Gasteiger partial charge in [0.05, 0.1) is 12.2 Å². The maximum atomic E-state index is 13.6. The van der Waals surface area contributed by atoms with Crippen LogP contribution in [0.25, 0.3) is 0 Å². The van der Waals surface area contributed by atoms with Gasteiger partial charge in [-0.2, -0.15) is 13.2 Å². The molecule has 1 unspecified atom stereocenters. The van der Waals surface area contributed by atoms with Crippen molar-refractivity contribution in [2.75, 3.05) is 33.4 Å². The fraction of sp³-hybridized carbons (Fsp3) is 0.588. The largest absolute Gasteiger partial charge is 0.490 e. The van der Waals surface area contributed by atoms with Crippen LogP contribution < -0.4 is 0 Å². The Morgan fingerprint density at radius 3 is 2.54 bits per heavy atom. The summed E-state index contributed by atoms with van der Waals surface area (Å²) in [5, 5.41) is 7.12. The van der Waals surface area contributed by atoms with Gasteiger partial charge in [-0.25, -0.2) is 9.18 Å². The third kappa shape index (κ3) is 4.93. The number of rotatable bonds is 4. The highest BCUT2D eigenvalue weighted by Crippen LogP contribution is 2.40. The number of nitrogens with zero attached hydrogens (tertiary/aromatic N) is 1. The number of benzene rings is 1. The first kappa shape index (κ1) is 20.6. The summed E-state index contributed by atoms with van der Waals surface area (Å²) < 4.78 is 56.5. The lowest BCUT2D eigenvalue weighted by atomic mass is 9.81. The van der Waals surface area contributed by atoms with Crippen molar-refractivity contribution in [2.24, 2.45) is 5.92 Å². The minimum atomic E-state index is -5.08. The van der Waals surface area contributed by atoms with E-state index < -0.39 is 12.1 Å². The van der Waals surface area contributed by atoms with Crippen molar-refractivity contribution >= 4 is 5.97 Å². The molecule has 26 heavy (non-hydrogen) atoms. The second-order valence-corrected chi connectivity index (χ2v) is 6.39. The van der Waals surface area contributed by atoms with Gasteiger partial charge in [0.25, 0.3) is 0 Å². The average molecular weight is 379 g/mol. The molecular weight excluding hydrogens is 358 g/mol. The highest BCUT2D eigenvalue weighted by Gasteiger charge is 2.52. The third-order valence-corrected chi connectivity index (χ3v) is 4.54. The highest BCUT2D eigenvalue weighted by atomic mass is 19.4. The van der Waals surface area contributed by atoms with E-state index in [9.17, 15) is 17.6 Å². The summed E-state index contributed by atoms with van der Waals surface area (Å²) in [6, 6.07) is 6.98. The molecule has 0 aromatic heterocycles. The first-order valence-corrected chi connectivity index (χ1v) is 8.07. The second kappa shape index (κ2) is 8.32. The van der Waals surface area contributed by atoms with Gasteiger partial charge in [-0.3, -0.25) is 4.90 Å². The second-order valence-electron chi connectivity index (χ2n) is 6.39. The van der Waals surface area contributed by atoms with Gasteiger partial charge in [0, 0.05) is 44.8 Å². The summed E-state index contributed by atoms with van der Waals surface area (Å²) in [7, 11) is 1.74. The van der Waals surface area contributed by atoms with Crippen molar-refractivity contribution in [3.63, 3.8) is 0 Å². The van der Waals surface area contributed by atoms with E-state index >= 15 is 0 Å². The number of carbonyl (C=O) groups is 1. The molecule has 0 amide bonds. The molecule has 2 saturated heterocycles. The van der Waals surface area contributed by atoms with Crippen molar-refractivity contribution in [3.05, 3.63) is 35.6 Å². The Kier molecular flexibility index (Phi) is 6.59. The molecule has 1 spiro atoms. The van der Waals surface area contributed by atoms with Crippen molar-refractivity contribution in [1.29, 1.82) is 0 Å². The number of halogens is 4. The molecule has 0 saturated carbocycles. The fourth-order valence-corrected chi connectivity index (χ4v) is 3.26. The SMILES string of the molecule is COCC1CCOC12CN(Cc1ccccc1F)C2.O=C(O)C(F)(F)F. The lowest BCUT2D eigenvalue weighted by Crippen LogP contribution is -2.64. The van der Waals surface area contributed by atoms with Crippen molar-refractivity contribution in [1.82, 2.24) is 4.90 Å². The monoisotopic (exact) mass is 379 g/mol. The fourth-order valence-electron chi connectivity index (χ4n) is 3.26. The molecule has 0 bridgehead atoms. The molecule has 2 heterocycles. The number of hydrogen-bond donors (Lipinski definition) is 1. The summed E-state index contributed by atoms with van der Waals surface area (Å²) in [6.07, 6.45) is -4.01. The van der Waals surface area contributed by atoms with Gasteiger partial charge in [-0.1, -0.05) is 18.2 Å². The number of alkyl halides is 3. The molecule has 1 N–H and O–H groups in total. The van der Waals surface area contributed by atoms with Gasteiger partial charge in [0.15, 0.2) is 0 Å². The molecule has 1 atom stereocenters. The zero-order valence-electron chi connectivity index (χ0n) is 14.3. The van der Waals surface area contributed by atoms with Crippen LogP contribution in [-0.4, -0.2) is 61.2 Å². The van der Waals surface area contributed by atoms with E-state index in [0.29, 0.717) is 12.5 Å². The van der Waals surface area contributed by atoms with Crippen LogP contribution in [-0.2, 0) is 20.8 Å². The van der Waals surface area contributed by atoms with Gasteiger partial charge < -0.3 is 14.6 Å². The van der Waals surface area contributed by atoms with Crippen LogP contribution >= 0.6 is 0 Å².